The molecule has 1 saturated heterocycles. The van der Waals surface area contributed by atoms with Gasteiger partial charge in [0.05, 0.1) is 7.11 Å². The van der Waals surface area contributed by atoms with Gasteiger partial charge in [-0.05, 0) is 11.6 Å². The Morgan fingerprint density at radius 2 is 2.18 bits per heavy atom. The number of nitrogens with two attached hydrogens (primary N) is 1. The largest absolute Gasteiger partial charge is 0.453 e. The summed E-state index contributed by atoms with van der Waals surface area (Å²) in [4.78, 5) is 12.9. The minimum Gasteiger partial charge on any atom is -0.453 e. The highest BCUT2D eigenvalue weighted by Gasteiger charge is 2.35. The third-order valence-electron chi connectivity index (χ3n) is 3.10. The van der Waals surface area contributed by atoms with Gasteiger partial charge in [-0.1, -0.05) is 18.2 Å². The van der Waals surface area contributed by atoms with Crippen LogP contribution >= 0.6 is 0 Å². The fraction of sp³-hybridized carbons (Fsp3) is 0.417. The molecule has 0 radical (unpaired) electrons. The highest BCUT2D eigenvalue weighted by Crippen LogP contribution is 2.28. The van der Waals surface area contributed by atoms with E-state index in [1.807, 2.05) is 0 Å². The molecule has 1 heterocycles. The maximum atomic E-state index is 13.6. The minimum atomic E-state index is -0.417. The van der Waals surface area contributed by atoms with Gasteiger partial charge in [0.15, 0.2) is 0 Å². The van der Waals surface area contributed by atoms with Crippen LogP contribution in [0.3, 0.4) is 0 Å². The van der Waals surface area contributed by atoms with E-state index in [1.165, 1.54) is 18.1 Å². The van der Waals surface area contributed by atoms with Crippen LogP contribution in [0.1, 0.15) is 11.5 Å². The summed E-state index contributed by atoms with van der Waals surface area (Å²) in [6, 6.07) is 6.26. The summed E-state index contributed by atoms with van der Waals surface area (Å²) in [7, 11) is 1.32. The zero-order chi connectivity index (χ0) is 12.4. The molecule has 1 amide bonds. The fourth-order valence-corrected chi connectivity index (χ4v) is 2.21. The van der Waals surface area contributed by atoms with Gasteiger partial charge in [0.2, 0.25) is 0 Å². The lowest BCUT2D eigenvalue weighted by Gasteiger charge is -2.15. The van der Waals surface area contributed by atoms with E-state index in [1.54, 1.807) is 18.2 Å². The van der Waals surface area contributed by atoms with E-state index >= 15 is 0 Å². The fourth-order valence-electron chi connectivity index (χ4n) is 2.21. The number of methoxy groups -OCH3 is 1. The number of nitrogens with zero attached hydrogens (tertiary/aromatic N) is 1. The third-order valence-corrected chi connectivity index (χ3v) is 3.10. The number of carbonyl (C=O) groups is 1. The standard InChI is InChI=1S/C12H15FN2O2/c1-17-12(16)15-6-9(11(14)7-15)8-4-2-3-5-10(8)13/h2-5,9,11H,6-7,14H2,1H3. The van der Waals surface area contributed by atoms with Crippen molar-refractivity contribution in [2.75, 3.05) is 20.2 Å². The first kappa shape index (κ1) is 11.9. The molecule has 0 aliphatic carbocycles. The van der Waals surface area contributed by atoms with E-state index in [4.69, 9.17) is 5.73 Å². The topological polar surface area (TPSA) is 55.6 Å². The lowest BCUT2D eigenvalue weighted by Crippen LogP contribution is -2.32. The van der Waals surface area contributed by atoms with Gasteiger partial charge in [0, 0.05) is 25.0 Å². The Balaban J connectivity index is 2.19. The van der Waals surface area contributed by atoms with Crippen LogP contribution in [-0.4, -0.2) is 37.2 Å². The smallest absolute Gasteiger partial charge is 0.409 e. The molecule has 1 aliphatic rings. The Hall–Kier alpha value is -1.62. The second-order valence-corrected chi connectivity index (χ2v) is 4.17. The van der Waals surface area contributed by atoms with Crippen LogP contribution < -0.4 is 5.73 Å². The molecule has 0 saturated carbocycles. The second kappa shape index (κ2) is 4.71. The summed E-state index contributed by atoms with van der Waals surface area (Å²) in [6.45, 7) is 0.792. The molecule has 1 aliphatic heterocycles. The maximum Gasteiger partial charge on any atom is 0.409 e. The van der Waals surface area contributed by atoms with Crippen LogP contribution in [0.15, 0.2) is 24.3 Å². The number of carbonyl (C=O) groups excluding carboxylic acids is 1. The molecular formula is C12H15FN2O2. The molecule has 4 nitrogen and oxygen atoms in total. The summed E-state index contributed by atoms with van der Waals surface area (Å²) in [6.07, 6.45) is -0.417. The van der Waals surface area contributed by atoms with Gasteiger partial charge in [0.25, 0.3) is 0 Å². The highest BCUT2D eigenvalue weighted by molar-refractivity contribution is 5.68. The van der Waals surface area contributed by atoms with E-state index in [-0.39, 0.29) is 17.8 Å². The summed E-state index contributed by atoms with van der Waals surface area (Å²) in [5, 5.41) is 0. The molecule has 2 rings (SSSR count). The van der Waals surface area contributed by atoms with Crippen LogP contribution in [0, 0.1) is 5.82 Å². The Morgan fingerprint density at radius 3 is 2.82 bits per heavy atom. The van der Waals surface area contributed by atoms with E-state index in [9.17, 15) is 9.18 Å². The molecule has 5 heteroatoms. The number of hydrogen-bond acceptors (Lipinski definition) is 3. The van der Waals surface area contributed by atoms with Crippen molar-refractivity contribution < 1.29 is 13.9 Å². The zero-order valence-corrected chi connectivity index (χ0v) is 9.60. The van der Waals surface area contributed by atoms with Gasteiger partial charge in [-0.2, -0.15) is 0 Å². The first-order valence-corrected chi connectivity index (χ1v) is 5.46. The van der Waals surface area contributed by atoms with Crippen molar-refractivity contribution in [1.29, 1.82) is 0 Å². The Bertz CT molecular complexity index is 425. The molecule has 92 valence electrons. The first-order chi connectivity index (χ1) is 8.13. The summed E-state index contributed by atoms with van der Waals surface area (Å²) >= 11 is 0. The van der Waals surface area contributed by atoms with Crippen molar-refractivity contribution in [3.8, 4) is 0 Å². The van der Waals surface area contributed by atoms with Gasteiger partial charge in [0.1, 0.15) is 5.82 Å². The van der Waals surface area contributed by atoms with Crippen molar-refractivity contribution in [3.05, 3.63) is 35.6 Å². The van der Waals surface area contributed by atoms with Crippen LogP contribution in [0.2, 0.25) is 0 Å². The van der Waals surface area contributed by atoms with E-state index < -0.39 is 6.09 Å². The maximum absolute atomic E-state index is 13.6. The molecule has 0 spiro atoms. The molecule has 2 atom stereocenters. The van der Waals surface area contributed by atoms with Crippen LogP contribution in [0.5, 0.6) is 0 Å². The second-order valence-electron chi connectivity index (χ2n) is 4.17. The molecular weight excluding hydrogens is 223 g/mol. The Kier molecular flexibility index (Phi) is 3.28. The monoisotopic (exact) mass is 238 g/mol. The SMILES string of the molecule is COC(=O)N1CC(N)C(c2ccccc2F)C1. The summed E-state index contributed by atoms with van der Waals surface area (Å²) in [5.74, 6) is -0.449. The third kappa shape index (κ3) is 2.24. The first-order valence-electron chi connectivity index (χ1n) is 5.46. The van der Waals surface area contributed by atoms with Gasteiger partial charge in [-0.15, -0.1) is 0 Å². The number of rotatable bonds is 1. The summed E-state index contributed by atoms with van der Waals surface area (Å²) < 4.78 is 18.3. The van der Waals surface area contributed by atoms with Gasteiger partial charge in [-0.3, -0.25) is 0 Å². The van der Waals surface area contributed by atoms with Crippen molar-refractivity contribution in [2.24, 2.45) is 5.73 Å². The highest BCUT2D eigenvalue weighted by atomic mass is 19.1. The van der Waals surface area contributed by atoms with Gasteiger partial charge >= 0.3 is 6.09 Å². The van der Waals surface area contributed by atoms with Crippen LogP contribution in [-0.2, 0) is 4.74 Å². The number of halogens is 1. The van der Waals surface area contributed by atoms with E-state index in [2.05, 4.69) is 4.74 Å². The molecule has 1 aromatic carbocycles. The number of likely N-dealkylation sites (tertiary alicyclic amines) is 1. The Labute approximate surface area is 99.2 Å². The predicted octanol–water partition coefficient (Wildman–Crippen LogP) is 1.32. The Morgan fingerprint density at radius 1 is 1.47 bits per heavy atom. The molecule has 17 heavy (non-hydrogen) atoms. The number of ether oxygens (including phenoxy) is 1. The van der Waals surface area contributed by atoms with Crippen molar-refractivity contribution in [3.63, 3.8) is 0 Å². The molecule has 1 fully saturated rings. The van der Waals surface area contributed by atoms with Crippen LogP contribution in [0.4, 0.5) is 9.18 Å². The van der Waals surface area contributed by atoms with Crippen molar-refractivity contribution in [1.82, 2.24) is 4.90 Å². The number of amides is 1. The summed E-state index contributed by atoms with van der Waals surface area (Å²) in [5.41, 5.74) is 6.51. The normalized spacial score (nSPS) is 23.8. The minimum absolute atomic E-state index is 0.171. The number of hydrogen-bond donors (Lipinski definition) is 1. The molecule has 0 aromatic heterocycles. The van der Waals surface area contributed by atoms with Crippen molar-refractivity contribution in [2.45, 2.75) is 12.0 Å². The zero-order valence-electron chi connectivity index (χ0n) is 9.60. The predicted molar refractivity (Wildman–Crippen MR) is 61.1 cm³/mol. The van der Waals surface area contributed by atoms with Crippen LogP contribution in [0.25, 0.3) is 0 Å². The molecule has 0 bridgehead atoms. The van der Waals surface area contributed by atoms with Gasteiger partial charge in [-0.25, -0.2) is 9.18 Å². The van der Waals surface area contributed by atoms with Gasteiger partial charge < -0.3 is 15.4 Å². The quantitative estimate of drug-likeness (QED) is 0.802. The van der Waals surface area contributed by atoms with E-state index in [0.717, 1.165) is 0 Å². The molecule has 2 unspecified atom stereocenters. The van der Waals surface area contributed by atoms with E-state index in [0.29, 0.717) is 18.7 Å². The lowest BCUT2D eigenvalue weighted by atomic mass is 9.94. The average Bonchev–Trinajstić information content (AvgIpc) is 2.71. The van der Waals surface area contributed by atoms with Crippen molar-refractivity contribution >= 4 is 6.09 Å². The number of benzene rings is 1. The average molecular weight is 238 g/mol. The molecule has 1 aromatic rings. The molecule has 2 N–H and O–H groups in total. The lowest BCUT2D eigenvalue weighted by molar-refractivity contribution is 0.132.